The Labute approximate surface area is 227 Å². The van der Waals surface area contributed by atoms with Crippen molar-refractivity contribution < 1.29 is 4.79 Å². The Morgan fingerprint density at radius 2 is 1.82 bits per heavy atom. The second kappa shape index (κ2) is 11.2. The van der Waals surface area contributed by atoms with Gasteiger partial charge in [-0.2, -0.15) is 0 Å². The average Bonchev–Trinajstić information content (AvgIpc) is 3.27. The van der Waals surface area contributed by atoms with Crippen LogP contribution in [0.15, 0.2) is 109 Å². The van der Waals surface area contributed by atoms with Crippen LogP contribution in [-0.2, 0) is 0 Å². The minimum atomic E-state index is 0.0844. The van der Waals surface area contributed by atoms with Crippen molar-refractivity contribution in [3.8, 4) is 23.0 Å². The van der Waals surface area contributed by atoms with Gasteiger partial charge in [0.2, 0.25) is 0 Å². The molecule has 192 valence electrons. The first kappa shape index (κ1) is 24.4. The lowest BCUT2D eigenvalue weighted by Gasteiger charge is -2.27. The lowest BCUT2D eigenvalue weighted by Crippen LogP contribution is -2.46. The molecule has 39 heavy (non-hydrogen) atoms. The Hall–Kier alpha value is -4.93. The molecule has 0 atom stereocenters. The minimum absolute atomic E-state index is 0.0844. The highest BCUT2D eigenvalue weighted by molar-refractivity contribution is 5.94. The van der Waals surface area contributed by atoms with Gasteiger partial charge < -0.3 is 15.5 Å². The number of imidazole rings is 1. The van der Waals surface area contributed by atoms with Crippen molar-refractivity contribution in [2.24, 2.45) is 0 Å². The van der Waals surface area contributed by atoms with Gasteiger partial charge in [-0.25, -0.2) is 4.98 Å². The summed E-state index contributed by atoms with van der Waals surface area (Å²) in [6.45, 7) is 3.17. The molecule has 7 nitrogen and oxygen atoms in total. The van der Waals surface area contributed by atoms with Gasteiger partial charge in [-0.1, -0.05) is 30.2 Å². The van der Waals surface area contributed by atoms with Crippen LogP contribution in [0.4, 0.5) is 5.69 Å². The predicted molar refractivity (Wildman–Crippen MR) is 154 cm³/mol. The number of fused-ring (bicyclic) bond motifs is 1. The number of aromatic nitrogens is 3. The summed E-state index contributed by atoms with van der Waals surface area (Å²) in [7, 11) is 0. The smallest absolute Gasteiger partial charge is 0.253 e. The zero-order valence-electron chi connectivity index (χ0n) is 21.5. The molecule has 2 aliphatic rings. The van der Waals surface area contributed by atoms with Crippen molar-refractivity contribution in [1.29, 1.82) is 0 Å². The highest BCUT2D eigenvalue weighted by Crippen LogP contribution is 2.22. The molecule has 3 aromatic heterocycles. The van der Waals surface area contributed by atoms with E-state index in [2.05, 4.69) is 44.6 Å². The third kappa shape index (κ3) is 5.66. The lowest BCUT2D eigenvalue weighted by molar-refractivity contribution is 0.0736. The Morgan fingerprint density at radius 3 is 2.64 bits per heavy atom. The number of hydrogen-bond acceptors (Lipinski definition) is 5. The molecule has 4 aromatic rings. The van der Waals surface area contributed by atoms with Crippen LogP contribution in [0.1, 0.15) is 22.5 Å². The van der Waals surface area contributed by atoms with Crippen molar-refractivity contribution in [3.63, 3.8) is 0 Å². The number of allylic oxidation sites excluding steroid dienone is 5. The lowest BCUT2D eigenvalue weighted by atomic mass is 10.0. The molecule has 0 bridgehead atoms. The molecule has 7 heteroatoms. The molecule has 1 aliphatic carbocycles. The molecule has 0 unspecified atom stereocenters. The topological polar surface area (TPSA) is 74.6 Å². The number of hydrogen-bond donors (Lipinski definition) is 2. The summed E-state index contributed by atoms with van der Waals surface area (Å²) in [6.07, 6.45) is 16.4. The normalized spacial score (nSPS) is 15.1. The monoisotopic (exact) mass is 512 g/mol. The molecule has 1 amide bonds. The molecular weight excluding hydrogens is 484 g/mol. The van der Waals surface area contributed by atoms with Gasteiger partial charge in [0.25, 0.3) is 5.91 Å². The van der Waals surface area contributed by atoms with E-state index in [1.54, 1.807) is 18.6 Å². The predicted octanol–water partition coefficient (Wildman–Crippen LogP) is 4.68. The maximum Gasteiger partial charge on any atom is 0.253 e. The molecule has 0 saturated carbocycles. The highest BCUT2D eigenvalue weighted by atomic mass is 16.2. The maximum atomic E-state index is 12.8. The average molecular weight is 513 g/mol. The second-order valence-corrected chi connectivity index (χ2v) is 9.45. The van der Waals surface area contributed by atoms with Crippen LogP contribution in [0.3, 0.4) is 0 Å². The van der Waals surface area contributed by atoms with Gasteiger partial charge in [0.1, 0.15) is 11.3 Å². The molecule has 1 fully saturated rings. The number of nitrogens with zero attached hydrogens (tertiary/aromatic N) is 4. The van der Waals surface area contributed by atoms with Crippen molar-refractivity contribution in [2.75, 3.05) is 31.5 Å². The van der Waals surface area contributed by atoms with Crippen LogP contribution in [0.5, 0.6) is 0 Å². The molecule has 6 rings (SSSR count). The fourth-order valence-electron chi connectivity index (χ4n) is 4.68. The van der Waals surface area contributed by atoms with Crippen molar-refractivity contribution in [3.05, 3.63) is 120 Å². The molecule has 1 saturated heterocycles. The Morgan fingerprint density at radius 1 is 0.974 bits per heavy atom. The minimum Gasteiger partial charge on any atom is -0.357 e. The number of carbonyl (C=O) groups excluding carboxylic acids is 1. The number of nitrogens with one attached hydrogen (secondary N) is 2. The van der Waals surface area contributed by atoms with Crippen molar-refractivity contribution in [1.82, 2.24) is 24.6 Å². The van der Waals surface area contributed by atoms with Crippen LogP contribution in [-0.4, -0.2) is 51.4 Å². The van der Waals surface area contributed by atoms with Gasteiger partial charge in [0.05, 0.1) is 18.1 Å². The fourth-order valence-corrected chi connectivity index (χ4v) is 4.68. The summed E-state index contributed by atoms with van der Waals surface area (Å²) < 4.78 is 2.01. The van der Waals surface area contributed by atoms with Gasteiger partial charge in [-0.05, 0) is 65.6 Å². The summed E-state index contributed by atoms with van der Waals surface area (Å²) in [6, 6.07) is 15.8. The van der Waals surface area contributed by atoms with E-state index in [-0.39, 0.29) is 5.91 Å². The number of rotatable bonds is 4. The van der Waals surface area contributed by atoms with Crippen LogP contribution >= 0.6 is 0 Å². The van der Waals surface area contributed by atoms with E-state index in [0.29, 0.717) is 5.56 Å². The zero-order chi connectivity index (χ0) is 26.4. The van der Waals surface area contributed by atoms with E-state index >= 15 is 0 Å². The third-order valence-corrected chi connectivity index (χ3v) is 6.76. The molecule has 0 radical (unpaired) electrons. The maximum absolute atomic E-state index is 12.8. The summed E-state index contributed by atoms with van der Waals surface area (Å²) >= 11 is 0. The molecule has 2 N–H and O–H groups in total. The summed E-state index contributed by atoms with van der Waals surface area (Å²) in [5.41, 5.74) is 7.33. The first-order valence-corrected chi connectivity index (χ1v) is 13.1. The summed E-state index contributed by atoms with van der Waals surface area (Å²) in [5.74, 6) is 6.68. The second-order valence-electron chi connectivity index (χ2n) is 9.45. The largest absolute Gasteiger partial charge is 0.357 e. The summed E-state index contributed by atoms with van der Waals surface area (Å²) in [5, 5.41) is 6.71. The van der Waals surface area contributed by atoms with Crippen molar-refractivity contribution in [2.45, 2.75) is 6.42 Å². The summed E-state index contributed by atoms with van der Waals surface area (Å²) in [4.78, 5) is 23.4. The number of anilines is 1. The first-order valence-electron chi connectivity index (χ1n) is 13.1. The molecule has 1 aliphatic heterocycles. The quantitative estimate of drug-likeness (QED) is 0.389. The van der Waals surface area contributed by atoms with Crippen LogP contribution in [0.2, 0.25) is 0 Å². The Bertz CT molecular complexity index is 1650. The standard InChI is InChI=1S/C32H28N6O/c39-32(37-18-16-33-17-19-37)26-10-8-25(9-11-26)27-12-14-31-35-22-30(38(31)23-27)13-7-24-4-1-2-5-28(20-24)36-29-6-3-15-34-21-29/h1-4,6,8-12,14-15,20-23,33,36H,5,16-19H2. The van der Waals surface area contributed by atoms with E-state index < -0.39 is 0 Å². The number of piperazine rings is 1. The van der Waals surface area contributed by atoms with Gasteiger partial charge >= 0.3 is 0 Å². The molecule has 0 spiro atoms. The van der Waals surface area contributed by atoms with Crippen molar-refractivity contribution >= 4 is 17.2 Å². The van der Waals surface area contributed by atoms with E-state index in [1.807, 2.05) is 76.2 Å². The molecular formula is C32H28N6O. The van der Waals surface area contributed by atoms with E-state index in [0.717, 1.165) is 72.0 Å². The zero-order valence-corrected chi connectivity index (χ0v) is 21.5. The molecule has 4 heterocycles. The Balaban J connectivity index is 1.22. The SMILES string of the molecule is O=C(c1ccc(-c2ccc3ncc(C#CC4=CC=CCC(Nc5cccnc5)=C4)n3c2)cc1)N1CCNCC1. The first-order chi connectivity index (χ1) is 19.2. The van der Waals surface area contributed by atoms with Crippen LogP contribution in [0.25, 0.3) is 16.8 Å². The highest BCUT2D eigenvalue weighted by Gasteiger charge is 2.17. The van der Waals surface area contributed by atoms with Crippen LogP contribution < -0.4 is 10.6 Å². The van der Waals surface area contributed by atoms with E-state index in [9.17, 15) is 4.79 Å². The van der Waals surface area contributed by atoms with Gasteiger partial charge in [-0.15, -0.1) is 0 Å². The number of carbonyl (C=O) groups is 1. The number of pyridine rings is 2. The molecule has 1 aromatic carbocycles. The van der Waals surface area contributed by atoms with E-state index in [4.69, 9.17) is 0 Å². The fraction of sp³-hybridized carbons (Fsp3) is 0.156. The number of amides is 1. The Kier molecular flexibility index (Phi) is 7.02. The van der Waals surface area contributed by atoms with Gasteiger partial charge in [0, 0.05) is 61.8 Å². The van der Waals surface area contributed by atoms with E-state index in [1.165, 1.54) is 0 Å². The van der Waals surface area contributed by atoms with Crippen LogP contribution in [0, 0.1) is 11.8 Å². The number of benzene rings is 1. The third-order valence-electron chi connectivity index (χ3n) is 6.76. The van der Waals surface area contributed by atoms with Gasteiger partial charge in [0.15, 0.2) is 0 Å². The van der Waals surface area contributed by atoms with Gasteiger partial charge in [-0.3, -0.25) is 14.2 Å².